The molecular formula is C28H28F3N3O4. The van der Waals surface area contributed by atoms with Crippen molar-refractivity contribution in [1.29, 1.82) is 0 Å². The summed E-state index contributed by atoms with van der Waals surface area (Å²) in [6.45, 7) is 0.870. The number of carbonyl (C=O) groups is 3. The van der Waals surface area contributed by atoms with E-state index in [1.807, 2.05) is 12.1 Å². The summed E-state index contributed by atoms with van der Waals surface area (Å²) in [5.41, 5.74) is 1.27. The summed E-state index contributed by atoms with van der Waals surface area (Å²) in [5, 5.41) is 2.80. The number of benzene rings is 2. The highest BCUT2D eigenvalue weighted by Crippen LogP contribution is 2.32. The maximum Gasteiger partial charge on any atom is 0.417 e. The molecule has 0 bridgehead atoms. The van der Waals surface area contributed by atoms with Gasteiger partial charge in [0, 0.05) is 43.4 Å². The highest BCUT2D eigenvalue weighted by atomic mass is 19.4. The number of carbonyl (C=O) groups excluding carboxylic acids is 3. The highest BCUT2D eigenvalue weighted by Gasteiger charge is 2.33. The molecule has 200 valence electrons. The van der Waals surface area contributed by atoms with Crippen molar-refractivity contribution >= 4 is 23.3 Å². The summed E-state index contributed by atoms with van der Waals surface area (Å²) in [7, 11) is 1.55. The van der Waals surface area contributed by atoms with E-state index in [1.165, 1.54) is 0 Å². The molecule has 0 radical (unpaired) electrons. The zero-order valence-corrected chi connectivity index (χ0v) is 20.8. The second kappa shape index (κ2) is 11.5. The van der Waals surface area contributed by atoms with Gasteiger partial charge in [-0.2, -0.15) is 13.2 Å². The van der Waals surface area contributed by atoms with E-state index in [0.717, 1.165) is 17.8 Å². The van der Waals surface area contributed by atoms with Crippen LogP contribution in [0.3, 0.4) is 0 Å². The van der Waals surface area contributed by atoms with Crippen LogP contribution in [-0.2, 0) is 11.0 Å². The zero-order valence-electron chi connectivity index (χ0n) is 20.8. The number of alkyl halides is 3. The first kappa shape index (κ1) is 27.0. The molecule has 2 heterocycles. The van der Waals surface area contributed by atoms with Crippen LogP contribution in [0.25, 0.3) is 0 Å². The normalized spacial score (nSPS) is 14.3. The van der Waals surface area contributed by atoms with Gasteiger partial charge < -0.3 is 19.9 Å². The smallest absolute Gasteiger partial charge is 0.417 e. The number of rotatable bonds is 8. The molecule has 2 amide bonds. The van der Waals surface area contributed by atoms with Crippen LogP contribution in [0.5, 0.6) is 5.75 Å². The molecule has 0 atom stereocenters. The van der Waals surface area contributed by atoms with Crippen LogP contribution in [0.2, 0.25) is 0 Å². The van der Waals surface area contributed by atoms with E-state index < -0.39 is 17.6 Å². The Hall–Kier alpha value is -4.08. The molecular weight excluding hydrogens is 499 g/mol. The lowest BCUT2D eigenvalue weighted by Gasteiger charge is -2.32. The average molecular weight is 528 g/mol. The molecule has 0 unspecified atom stereocenters. The number of hydrogen-bond donors (Lipinski definition) is 2. The zero-order chi connectivity index (χ0) is 27.3. The summed E-state index contributed by atoms with van der Waals surface area (Å²) >= 11 is 0. The lowest BCUT2D eigenvalue weighted by molar-refractivity contribution is -0.137. The topological polar surface area (TPSA) is 91.5 Å². The van der Waals surface area contributed by atoms with Gasteiger partial charge in [0.15, 0.2) is 5.78 Å². The van der Waals surface area contributed by atoms with Crippen molar-refractivity contribution in [3.8, 4) is 5.75 Å². The summed E-state index contributed by atoms with van der Waals surface area (Å²) in [6, 6.07) is 15.0. The fraction of sp³-hybridized carbons (Fsp3) is 0.321. The Kier molecular flexibility index (Phi) is 8.19. The van der Waals surface area contributed by atoms with Gasteiger partial charge in [0.05, 0.1) is 12.7 Å². The maximum absolute atomic E-state index is 12.8. The quantitative estimate of drug-likeness (QED) is 0.370. The lowest BCUT2D eigenvalue weighted by atomic mass is 9.89. The van der Waals surface area contributed by atoms with Crippen LogP contribution in [0.1, 0.15) is 63.6 Å². The number of piperidine rings is 1. The molecule has 2 aromatic carbocycles. The van der Waals surface area contributed by atoms with E-state index in [9.17, 15) is 27.6 Å². The van der Waals surface area contributed by atoms with Crippen molar-refractivity contribution in [1.82, 2.24) is 9.88 Å². The van der Waals surface area contributed by atoms with Gasteiger partial charge in [0.2, 0.25) is 5.91 Å². The number of H-pyrrole nitrogens is 1. The van der Waals surface area contributed by atoms with E-state index in [-0.39, 0.29) is 36.1 Å². The fourth-order valence-corrected chi connectivity index (χ4v) is 4.48. The van der Waals surface area contributed by atoms with E-state index in [1.54, 1.807) is 48.4 Å². The minimum absolute atomic E-state index is 0.0599. The Morgan fingerprint density at radius 1 is 1.00 bits per heavy atom. The van der Waals surface area contributed by atoms with Gasteiger partial charge in [0.25, 0.3) is 5.91 Å². The molecule has 1 fully saturated rings. The molecule has 0 spiro atoms. The number of Topliss-reactive ketones (excluding diaryl/α,β-unsaturated/α-hetero) is 1. The first-order chi connectivity index (χ1) is 18.1. The molecule has 1 aliphatic heterocycles. The lowest BCUT2D eigenvalue weighted by Crippen LogP contribution is -2.38. The molecule has 3 aromatic rings. The first-order valence-corrected chi connectivity index (χ1v) is 12.3. The number of anilines is 1. The first-order valence-electron chi connectivity index (χ1n) is 12.3. The number of hydrogen-bond acceptors (Lipinski definition) is 4. The Morgan fingerprint density at radius 3 is 2.24 bits per heavy atom. The van der Waals surface area contributed by atoms with Crippen molar-refractivity contribution in [2.24, 2.45) is 0 Å². The van der Waals surface area contributed by atoms with Gasteiger partial charge in [-0.1, -0.05) is 12.1 Å². The number of ether oxygens (including phenoxy) is 1. The van der Waals surface area contributed by atoms with E-state index in [0.29, 0.717) is 42.9 Å². The average Bonchev–Trinajstić information content (AvgIpc) is 3.43. The predicted molar refractivity (Wildman–Crippen MR) is 135 cm³/mol. The minimum atomic E-state index is -4.50. The van der Waals surface area contributed by atoms with Gasteiger partial charge >= 0.3 is 6.18 Å². The molecule has 38 heavy (non-hydrogen) atoms. The van der Waals surface area contributed by atoms with Crippen LogP contribution in [0.15, 0.2) is 60.8 Å². The second-order valence-corrected chi connectivity index (χ2v) is 9.19. The number of ketones is 1. The van der Waals surface area contributed by atoms with Gasteiger partial charge in [0.1, 0.15) is 11.4 Å². The van der Waals surface area contributed by atoms with Crippen LogP contribution >= 0.6 is 0 Å². The van der Waals surface area contributed by atoms with Crippen LogP contribution in [0.4, 0.5) is 18.9 Å². The summed E-state index contributed by atoms with van der Waals surface area (Å²) in [5.74, 6) is 0.0218. The molecule has 1 aromatic heterocycles. The molecule has 2 N–H and O–H groups in total. The third-order valence-electron chi connectivity index (χ3n) is 6.68. The van der Waals surface area contributed by atoms with E-state index in [4.69, 9.17) is 4.74 Å². The van der Waals surface area contributed by atoms with Crippen molar-refractivity contribution in [3.05, 3.63) is 83.2 Å². The number of likely N-dealkylation sites (tertiary alicyclic amines) is 1. The molecule has 1 aliphatic rings. The number of nitrogens with one attached hydrogen (secondary N) is 2. The Morgan fingerprint density at radius 2 is 1.66 bits per heavy atom. The molecule has 4 rings (SSSR count). The number of aromatic nitrogens is 1. The van der Waals surface area contributed by atoms with Gasteiger partial charge in [-0.15, -0.1) is 0 Å². The molecule has 0 aliphatic carbocycles. The predicted octanol–water partition coefficient (Wildman–Crippen LogP) is 5.66. The fourth-order valence-electron chi connectivity index (χ4n) is 4.48. The summed E-state index contributed by atoms with van der Waals surface area (Å²) in [4.78, 5) is 41.2. The van der Waals surface area contributed by atoms with Crippen molar-refractivity contribution < 1.29 is 32.3 Å². The van der Waals surface area contributed by atoms with Crippen molar-refractivity contribution in [3.63, 3.8) is 0 Å². The summed E-state index contributed by atoms with van der Waals surface area (Å²) in [6.07, 6.45) is -2.19. The number of amides is 2. The number of methoxy groups -OCH3 is 1. The number of aromatic amines is 1. The SMILES string of the molecule is COc1ccc(C(=O)CCC(=O)Nc2ccc(C3CCN(C(=O)c4cc(C(F)(F)F)c[nH]4)CC3)cc2)cc1. The van der Waals surface area contributed by atoms with Crippen LogP contribution in [-0.4, -0.2) is 47.7 Å². The van der Waals surface area contributed by atoms with E-state index in [2.05, 4.69) is 10.3 Å². The Labute approximate surface area is 218 Å². The third kappa shape index (κ3) is 6.62. The van der Waals surface area contributed by atoms with Crippen molar-refractivity contribution in [2.45, 2.75) is 37.8 Å². The number of nitrogens with zero attached hydrogens (tertiary/aromatic N) is 1. The van der Waals surface area contributed by atoms with E-state index >= 15 is 0 Å². The standard InChI is InChI=1S/C28H28F3N3O4/c1-38-23-8-4-20(5-9-23)25(35)10-11-26(36)33-22-6-2-18(3-7-22)19-12-14-34(15-13-19)27(37)24-16-21(17-32-24)28(29,30)31/h2-9,16-17,19,32H,10-15H2,1H3,(H,33,36). The minimum Gasteiger partial charge on any atom is -0.497 e. The van der Waals surface area contributed by atoms with Gasteiger partial charge in [-0.05, 0) is 66.8 Å². The second-order valence-electron chi connectivity index (χ2n) is 9.19. The Bertz CT molecular complexity index is 1280. The van der Waals surface area contributed by atoms with Gasteiger partial charge in [-0.25, -0.2) is 0 Å². The van der Waals surface area contributed by atoms with Crippen LogP contribution < -0.4 is 10.1 Å². The summed E-state index contributed by atoms with van der Waals surface area (Å²) < 4.78 is 43.5. The Balaban J connectivity index is 1.23. The maximum atomic E-state index is 12.8. The van der Waals surface area contributed by atoms with Crippen LogP contribution in [0, 0.1) is 0 Å². The highest BCUT2D eigenvalue weighted by molar-refractivity contribution is 6.00. The molecule has 7 nitrogen and oxygen atoms in total. The monoisotopic (exact) mass is 527 g/mol. The third-order valence-corrected chi connectivity index (χ3v) is 6.68. The van der Waals surface area contributed by atoms with Gasteiger partial charge in [-0.3, -0.25) is 14.4 Å². The van der Waals surface area contributed by atoms with Crippen molar-refractivity contribution in [2.75, 3.05) is 25.5 Å². The molecule has 0 saturated carbocycles. The largest absolute Gasteiger partial charge is 0.497 e. The molecule has 1 saturated heterocycles. The molecule has 10 heteroatoms. The number of halogens is 3.